The van der Waals surface area contributed by atoms with E-state index in [1.54, 1.807) is 0 Å². The monoisotopic (exact) mass is 735 g/mol. The first-order valence-electron chi connectivity index (χ1n) is 17.6. The predicted molar refractivity (Wildman–Crippen MR) is 196 cm³/mol. The fraction of sp³-hybridized carbons (Fsp3) is 0.610. The summed E-state index contributed by atoms with van der Waals surface area (Å²) in [5.41, 5.74) is 6.17. The number of hydrogen-bond donors (Lipinski definition) is 2. The summed E-state index contributed by atoms with van der Waals surface area (Å²) in [4.78, 5) is 28.2. The Bertz CT molecular complexity index is 1500. The zero-order valence-electron chi connectivity index (χ0n) is 32.3. The number of aliphatic carboxylic acids is 2. The number of carbonyl (C=O) groups is 2. The van der Waals surface area contributed by atoms with Crippen LogP contribution in [0.2, 0.25) is 0 Å². The fourth-order valence-corrected chi connectivity index (χ4v) is 6.96. The van der Waals surface area contributed by atoms with Gasteiger partial charge in [0.2, 0.25) is 0 Å². The topological polar surface area (TPSA) is 145 Å². The Morgan fingerprint density at radius 3 is 1.58 bits per heavy atom. The van der Waals surface area contributed by atoms with Gasteiger partial charge >= 0.3 is 16.8 Å². The van der Waals surface area contributed by atoms with Gasteiger partial charge in [0.25, 0.3) is 0 Å². The number of benzene rings is 2. The Morgan fingerprint density at radius 1 is 0.820 bits per heavy atom. The number of phenols is 2. The first kappa shape index (κ1) is 44.8. The van der Waals surface area contributed by atoms with Gasteiger partial charge in [0.15, 0.2) is 0 Å². The van der Waals surface area contributed by atoms with Gasteiger partial charge in [-0.2, -0.15) is 0 Å². The van der Waals surface area contributed by atoms with E-state index in [-0.39, 0.29) is 51.0 Å². The van der Waals surface area contributed by atoms with Crippen LogP contribution in [0.5, 0.6) is 11.5 Å². The zero-order valence-corrected chi connectivity index (χ0v) is 33.3. The van der Waals surface area contributed by atoms with Gasteiger partial charge in [0.05, 0.1) is 11.6 Å². The third-order valence-electron chi connectivity index (χ3n) is 8.83. The van der Waals surface area contributed by atoms with Crippen molar-refractivity contribution in [1.29, 1.82) is 0 Å². The molecule has 2 bridgehead atoms. The van der Waals surface area contributed by atoms with Gasteiger partial charge < -0.3 is 30.0 Å². The number of carboxylic acid groups (broad SMARTS) is 2. The van der Waals surface area contributed by atoms with Crippen molar-refractivity contribution in [2.24, 2.45) is 26.7 Å². The van der Waals surface area contributed by atoms with E-state index in [4.69, 9.17) is 29.8 Å². The molecule has 2 N–H and O–H groups in total. The molecule has 0 heterocycles. The largest absolute Gasteiger partial charge is 2.00 e. The fourth-order valence-electron chi connectivity index (χ4n) is 6.96. The van der Waals surface area contributed by atoms with Gasteiger partial charge in [-0.25, -0.2) is 0 Å². The van der Waals surface area contributed by atoms with E-state index in [2.05, 4.69) is 93.5 Å². The molecule has 9 heteroatoms. The van der Waals surface area contributed by atoms with Crippen molar-refractivity contribution in [3.05, 3.63) is 57.6 Å². The van der Waals surface area contributed by atoms with Gasteiger partial charge in [-0.05, 0) is 115 Å². The van der Waals surface area contributed by atoms with Gasteiger partial charge in [-0.1, -0.05) is 81.4 Å². The van der Waals surface area contributed by atoms with Gasteiger partial charge in [-0.3, -0.25) is 9.98 Å². The first-order chi connectivity index (χ1) is 22.4. The van der Waals surface area contributed by atoms with E-state index in [1.165, 1.54) is 17.5 Å². The minimum absolute atomic E-state index is 0. The maximum atomic E-state index is 11.2. The number of carbonyl (C=O) groups excluding carboxylic acids is 2. The Balaban J connectivity index is 0.00000125. The quantitative estimate of drug-likeness (QED) is 0.283. The predicted octanol–water partition coefficient (Wildman–Crippen LogP) is 6.88. The molecule has 0 aromatic heterocycles. The molecule has 0 spiro atoms. The summed E-state index contributed by atoms with van der Waals surface area (Å²) in [5.74, 6) is -0.361. The molecular formula is C41H60CoN2O6. The molecule has 0 saturated heterocycles. The minimum atomic E-state index is -1.08. The van der Waals surface area contributed by atoms with Crippen LogP contribution < -0.4 is 10.2 Å². The molecule has 8 nitrogen and oxygen atoms in total. The molecular weight excluding hydrogens is 675 g/mol. The van der Waals surface area contributed by atoms with Crippen molar-refractivity contribution < 1.29 is 46.8 Å². The first-order valence-corrected chi connectivity index (χ1v) is 17.6. The van der Waals surface area contributed by atoms with Crippen LogP contribution in [0.25, 0.3) is 0 Å². The molecule has 1 radical (unpaired) electrons. The summed E-state index contributed by atoms with van der Waals surface area (Å²) in [5, 5.41) is 40.1. The molecule has 3 atom stereocenters. The average molecular weight is 736 g/mol. The van der Waals surface area contributed by atoms with E-state index in [9.17, 15) is 10.2 Å². The molecule has 2 aliphatic rings. The SMILES string of the molecule is CC(=O)[O-].CC(=O)[O-].CC(C)c1cc(CC(C)(C)C)cc(C=NC2CC3CCC2(N=Cc2cc(CC(C)(C)C)cc(C(C)C)c2O)C3)c1O.[Co+2]. The third kappa shape index (κ3) is 13.9. The Hall–Kier alpha value is -3.17. The van der Waals surface area contributed by atoms with Crippen LogP contribution in [0.1, 0.15) is 154 Å². The van der Waals surface area contributed by atoms with E-state index >= 15 is 0 Å². The van der Waals surface area contributed by atoms with E-state index in [0.29, 0.717) is 17.4 Å². The number of rotatable bonds is 8. The van der Waals surface area contributed by atoms with E-state index in [1.807, 2.05) is 12.4 Å². The molecule has 2 aromatic carbocycles. The summed E-state index contributed by atoms with van der Waals surface area (Å²) in [6, 6.07) is 8.65. The van der Waals surface area contributed by atoms with Crippen LogP contribution in [-0.4, -0.2) is 46.2 Å². The maximum Gasteiger partial charge on any atom is 2.00 e. The van der Waals surface area contributed by atoms with Crippen molar-refractivity contribution >= 4 is 24.4 Å². The van der Waals surface area contributed by atoms with Crippen LogP contribution >= 0.6 is 0 Å². The van der Waals surface area contributed by atoms with Crippen LogP contribution in [0, 0.1) is 16.7 Å². The smallest absolute Gasteiger partial charge is 0.550 e. The molecule has 279 valence electrons. The molecule has 2 aliphatic carbocycles. The number of carboxylic acids is 2. The molecule has 0 amide bonds. The van der Waals surface area contributed by atoms with Crippen LogP contribution in [-0.2, 0) is 39.2 Å². The number of phenolic OH excluding ortho intramolecular Hbond substituents is 2. The van der Waals surface area contributed by atoms with Crippen molar-refractivity contribution in [3.63, 3.8) is 0 Å². The zero-order chi connectivity index (χ0) is 37.5. The molecule has 0 aliphatic heterocycles. The second kappa shape index (κ2) is 18.4. The summed E-state index contributed by atoms with van der Waals surface area (Å²) in [7, 11) is 0. The van der Waals surface area contributed by atoms with Crippen LogP contribution in [0.3, 0.4) is 0 Å². The standard InChI is InChI=1S/C37H54N2O2.2C2H4O2.Co/c1-23(2)30-15-26(18-35(5,6)7)13-28(33(30)40)21-38-32-17-25-11-12-37(32,20-25)39-22-29-14-27(19-36(8,9)10)16-31(24(3)4)34(29)41;2*1-2(3)4;/h13-16,21-25,32,40-41H,11-12,17-20H2,1-10H3;2*1H3,(H,3,4);/q;;;+2/p-2. The third-order valence-corrected chi connectivity index (χ3v) is 8.83. The van der Waals surface area contributed by atoms with Crippen LogP contribution in [0.15, 0.2) is 34.3 Å². The number of aromatic hydroxyl groups is 2. The number of fused-ring (bicyclic) bond motifs is 2. The molecule has 50 heavy (non-hydrogen) atoms. The summed E-state index contributed by atoms with van der Waals surface area (Å²) in [6.45, 7) is 24.0. The molecule has 2 fully saturated rings. The second-order valence-corrected chi connectivity index (χ2v) is 17.0. The van der Waals surface area contributed by atoms with Crippen LogP contribution in [0.4, 0.5) is 0 Å². The van der Waals surface area contributed by atoms with E-state index < -0.39 is 11.9 Å². The molecule has 4 rings (SSSR count). The van der Waals surface area contributed by atoms with Crippen molar-refractivity contribution in [1.82, 2.24) is 0 Å². The minimum Gasteiger partial charge on any atom is -0.550 e. The Kier molecular flexibility index (Phi) is 16.5. The van der Waals surface area contributed by atoms with Crippen molar-refractivity contribution in [2.75, 3.05) is 0 Å². The number of hydrogen-bond acceptors (Lipinski definition) is 8. The molecule has 2 saturated carbocycles. The summed E-state index contributed by atoms with van der Waals surface area (Å²) in [6.07, 6.45) is 10.0. The summed E-state index contributed by atoms with van der Waals surface area (Å²) >= 11 is 0. The second-order valence-electron chi connectivity index (χ2n) is 17.0. The number of aliphatic imine (C=N–C) groups is 2. The van der Waals surface area contributed by atoms with E-state index in [0.717, 1.165) is 68.2 Å². The normalized spacial score (nSPS) is 20.0. The number of nitrogens with zero attached hydrogens (tertiary/aromatic N) is 2. The van der Waals surface area contributed by atoms with Crippen molar-refractivity contribution in [3.8, 4) is 11.5 Å². The Labute approximate surface area is 311 Å². The van der Waals surface area contributed by atoms with Gasteiger partial charge in [0.1, 0.15) is 11.5 Å². The molecule has 3 unspecified atom stereocenters. The van der Waals surface area contributed by atoms with Gasteiger partial charge in [-0.15, -0.1) is 0 Å². The molecule has 2 aromatic rings. The maximum absolute atomic E-state index is 11.2. The van der Waals surface area contributed by atoms with Gasteiger partial charge in [0, 0.05) is 35.5 Å². The summed E-state index contributed by atoms with van der Waals surface area (Å²) < 4.78 is 0. The Morgan fingerprint density at radius 2 is 1.22 bits per heavy atom. The van der Waals surface area contributed by atoms with Crippen molar-refractivity contribution in [2.45, 2.75) is 145 Å². The average Bonchev–Trinajstić information content (AvgIpc) is 3.49.